The lowest BCUT2D eigenvalue weighted by Crippen LogP contribution is -2.48. The first kappa shape index (κ1) is 23.8. The van der Waals surface area contributed by atoms with Crippen LogP contribution >= 0.6 is 11.3 Å². The van der Waals surface area contributed by atoms with Crippen molar-refractivity contribution >= 4 is 44.3 Å². The number of hydrogen-bond acceptors (Lipinski definition) is 6. The van der Waals surface area contributed by atoms with Gasteiger partial charge in [-0.1, -0.05) is 35.6 Å². The predicted molar refractivity (Wildman–Crippen MR) is 143 cm³/mol. The number of aromatic nitrogens is 1. The lowest BCUT2D eigenvalue weighted by atomic mass is 10.0. The Labute approximate surface area is 213 Å². The fraction of sp³-hybridized carbons (Fsp3) is 0.222. The number of carbonyl (C=O) groups excluding carboxylic acids is 2. The summed E-state index contributed by atoms with van der Waals surface area (Å²) in [5.74, 6) is 0.517. The largest absolute Gasteiger partial charge is 0.497 e. The normalized spacial score (nSPS) is 13.4. The van der Waals surface area contributed by atoms with Crippen molar-refractivity contribution in [2.45, 2.75) is 6.42 Å². The summed E-state index contributed by atoms with van der Waals surface area (Å²) in [5, 5.41) is 9.77. The van der Waals surface area contributed by atoms with Crippen LogP contribution in [0.25, 0.3) is 10.2 Å². The van der Waals surface area contributed by atoms with Gasteiger partial charge >= 0.3 is 6.03 Å². The number of ether oxygens (including phenoxy) is 1. The first-order chi connectivity index (χ1) is 17.6. The van der Waals surface area contributed by atoms with E-state index in [4.69, 9.17) is 4.74 Å². The number of anilines is 2. The monoisotopic (exact) mass is 501 g/mol. The summed E-state index contributed by atoms with van der Waals surface area (Å²) < 4.78 is 6.44. The van der Waals surface area contributed by atoms with Gasteiger partial charge in [-0.05, 0) is 60.0 Å². The molecule has 8 nitrogen and oxygen atoms in total. The number of thiazole rings is 1. The maximum atomic E-state index is 12.8. The molecule has 5 rings (SSSR count). The third-order valence-corrected chi connectivity index (χ3v) is 7.04. The van der Waals surface area contributed by atoms with E-state index in [9.17, 15) is 9.59 Å². The van der Waals surface area contributed by atoms with Crippen LogP contribution < -0.4 is 20.7 Å². The van der Waals surface area contributed by atoms with Crippen LogP contribution in [0.15, 0.2) is 66.7 Å². The quantitative estimate of drug-likeness (QED) is 0.359. The van der Waals surface area contributed by atoms with Gasteiger partial charge in [0, 0.05) is 37.4 Å². The zero-order chi connectivity index (χ0) is 24.9. The molecule has 1 aliphatic rings. The third kappa shape index (κ3) is 5.48. The zero-order valence-corrected chi connectivity index (χ0v) is 20.7. The molecule has 0 unspecified atom stereocenters. The zero-order valence-electron chi connectivity index (χ0n) is 19.9. The van der Waals surface area contributed by atoms with E-state index < -0.39 is 0 Å². The number of para-hydroxylation sites is 1. The summed E-state index contributed by atoms with van der Waals surface area (Å²) in [6.07, 6.45) is 0.578. The van der Waals surface area contributed by atoms with E-state index in [1.165, 1.54) is 11.3 Å². The van der Waals surface area contributed by atoms with Crippen molar-refractivity contribution in [3.63, 3.8) is 0 Å². The molecule has 1 aromatic heterocycles. The Morgan fingerprint density at radius 1 is 1.03 bits per heavy atom. The number of hydrogen-bond donors (Lipinski definition) is 3. The Morgan fingerprint density at radius 3 is 2.56 bits per heavy atom. The highest BCUT2D eigenvalue weighted by molar-refractivity contribution is 7.22. The molecular weight excluding hydrogens is 474 g/mol. The second-order valence-electron chi connectivity index (χ2n) is 8.50. The Kier molecular flexibility index (Phi) is 7.11. The van der Waals surface area contributed by atoms with E-state index >= 15 is 0 Å². The molecule has 3 aromatic carbocycles. The number of methoxy groups -OCH3 is 1. The number of piperazine rings is 1. The average Bonchev–Trinajstić information content (AvgIpc) is 3.32. The van der Waals surface area contributed by atoms with E-state index in [0.29, 0.717) is 30.2 Å². The Bertz CT molecular complexity index is 1350. The van der Waals surface area contributed by atoms with Gasteiger partial charge in [-0.15, -0.1) is 0 Å². The predicted octanol–water partition coefficient (Wildman–Crippen LogP) is 4.59. The number of rotatable bonds is 6. The second-order valence-corrected chi connectivity index (χ2v) is 9.54. The summed E-state index contributed by atoms with van der Waals surface area (Å²) in [6, 6.07) is 20.8. The van der Waals surface area contributed by atoms with Crippen LogP contribution in [0.2, 0.25) is 0 Å². The fourth-order valence-electron chi connectivity index (χ4n) is 4.12. The second kappa shape index (κ2) is 10.8. The molecule has 3 N–H and O–H groups in total. The summed E-state index contributed by atoms with van der Waals surface area (Å²) in [5.41, 5.74) is 4.11. The molecule has 0 saturated carbocycles. The Morgan fingerprint density at radius 2 is 1.81 bits per heavy atom. The van der Waals surface area contributed by atoms with E-state index in [0.717, 1.165) is 45.9 Å². The first-order valence-corrected chi connectivity index (χ1v) is 12.6. The van der Waals surface area contributed by atoms with Crippen LogP contribution in [0.1, 0.15) is 21.5 Å². The highest BCUT2D eigenvalue weighted by atomic mass is 32.1. The molecule has 0 bridgehead atoms. The average molecular weight is 502 g/mol. The summed E-state index contributed by atoms with van der Waals surface area (Å²) in [6.45, 7) is 2.94. The number of carbonyl (C=O) groups is 2. The molecule has 9 heteroatoms. The lowest BCUT2D eigenvalue weighted by Gasteiger charge is -2.28. The van der Waals surface area contributed by atoms with Gasteiger partial charge in [0.1, 0.15) is 5.75 Å². The Balaban J connectivity index is 1.28. The van der Waals surface area contributed by atoms with Gasteiger partial charge in [-0.25, -0.2) is 9.78 Å². The van der Waals surface area contributed by atoms with Crippen LogP contribution in [-0.2, 0) is 6.42 Å². The van der Waals surface area contributed by atoms with Crippen molar-refractivity contribution in [3.05, 3.63) is 83.4 Å². The maximum Gasteiger partial charge on any atom is 0.321 e. The standard InChI is InChI=1S/C27H27N5O3S/c1-35-21-10-11-22(30-27(34)32-14-12-28-13-15-32)20(17-21)16-18-6-8-19(9-7-18)25(33)31-26-29-23-4-2-3-5-24(23)36-26/h2-11,17,28H,12-16H2,1H3,(H,30,34)(H,29,31,33). The van der Waals surface area contributed by atoms with E-state index in [2.05, 4.69) is 20.9 Å². The van der Waals surface area contributed by atoms with Gasteiger partial charge in [0.2, 0.25) is 0 Å². The van der Waals surface area contributed by atoms with E-state index in [1.807, 2.05) is 59.5 Å². The molecule has 1 fully saturated rings. The molecule has 0 radical (unpaired) electrons. The molecule has 3 amide bonds. The van der Waals surface area contributed by atoms with Crippen molar-refractivity contribution in [1.29, 1.82) is 0 Å². The van der Waals surface area contributed by atoms with Gasteiger partial charge in [0.15, 0.2) is 5.13 Å². The highest BCUT2D eigenvalue weighted by Crippen LogP contribution is 2.27. The number of fused-ring (bicyclic) bond motifs is 1. The van der Waals surface area contributed by atoms with Crippen molar-refractivity contribution in [1.82, 2.24) is 15.2 Å². The smallest absolute Gasteiger partial charge is 0.321 e. The molecule has 184 valence electrons. The minimum atomic E-state index is -0.203. The number of urea groups is 1. The molecule has 1 aliphatic heterocycles. The fourth-order valence-corrected chi connectivity index (χ4v) is 4.98. The third-order valence-electron chi connectivity index (χ3n) is 6.08. The molecule has 2 heterocycles. The minimum absolute atomic E-state index is 0.107. The van der Waals surface area contributed by atoms with Gasteiger partial charge in [0.05, 0.1) is 17.3 Å². The van der Waals surface area contributed by atoms with Crippen LogP contribution in [0.5, 0.6) is 5.75 Å². The minimum Gasteiger partial charge on any atom is -0.497 e. The lowest BCUT2D eigenvalue weighted by molar-refractivity contribution is 0.102. The van der Waals surface area contributed by atoms with Crippen LogP contribution in [-0.4, -0.2) is 55.1 Å². The number of nitrogens with one attached hydrogen (secondary N) is 3. The summed E-state index contributed by atoms with van der Waals surface area (Å²) >= 11 is 1.45. The molecule has 0 aliphatic carbocycles. The molecule has 0 spiro atoms. The highest BCUT2D eigenvalue weighted by Gasteiger charge is 2.18. The maximum absolute atomic E-state index is 12.8. The molecule has 1 saturated heterocycles. The molecule has 36 heavy (non-hydrogen) atoms. The molecule has 0 atom stereocenters. The van der Waals surface area contributed by atoms with Crippen molar-refractivity contribution in [3.8, 4) is 5.75 Å². The Hall–Kier alpha value is -3.95. The van der Waals surface area contributed by atoms with Crippen LogP contribution in [0.3, 0.4) is 0 Å². The van der Waals surface area contributed by atoms with E-state index in [-0.39, 0.29) is 11.9 Å². The summed E-state index contributed by atoms with van der Waals surface area (Å²) in [7, 11) is 1.62. The number of benzene rings is 3. The molecular formula is C27H27N5O3S. The molecule has 4 aromatic rings. The van der Waals surface area contributed by atoms with Gasteiger partial charge in [-0.2, -0.15) is 0 Å². The van der Waals surface area contributed by atoms with Gasteiger partial charge < -0.3 is 20.3 Å². The van der Waals surface area contributed by atoms with E-state index in [1.54, 1.807) is 19.2 Å². The van der Waals surface area contributed by atoms with Crippen LogP contribution in [0, 0.1) is 0 Å². The van der Waals surface area contributed by atoms with Gasteiger partial charge in [-0.3, -0.25) is 10.1 Å². The van der Waals surface area contributed by atoms with Crippen molar-refractivity contribution in [2.24, 2.45) is 0 Å². The summed E-state index contributed by atoms with van der Waals surface area (Å²) in [4.78, 5) is 31.8. The van der Waals surface area contributed by atoms with Gasteiger partial charge in [0.25, 0.3) is 5.91 Å². The number of amides is 3. The van der Waals surface area contributed by atoms with Crippen molar-refractivity contribution < 1.29 is 14.3 Å². The van der Waals surface area contributed by atoms with Crippen LogP contribution in [0.4, 0.5) is 15.6 Å². The first-order valence-electron chi connectivity index (χ1n) is 11.8. The SMILES string of the molecule is COc1ccc(NC(=O)N2CCNCC2)c(Cc2ccc(C(=O)Nc3nc4ccccc4s3)cc2)c1. The topological polar surface area (TPSA) is 95.6 Å². The van der Waals surface area contributed by atoms with Crippen molar-refractivity contribution in [2.75, 3.05) is 43.9 Å². The number of nitrogens with zero attached hydrogens (tertiary/aromatic N) is 2.